The summed E-state index contributed by atoms with van der Waals surface area (Å²) in [6, 6.07) is 0. The quantitative estimate of drug-likeness (QED) is 0.0203. The maximum Gasteiger partial charge on any atom is 0.306 e. The fraction of sp³-hybridized carbons (Fsp3) is 0.500. The number of hydrogen-bond donors (Lipinski definition) is 0. The van der Waals surface area contributed by atoms with Crippen LogP contribution in [0.25, 0.3) is 0 Å². The summed E-state index contributed by atoms with van der Waals surface area (Å²) in [4.78, 5) is 37.7. The minimum Gasteiger partial charge on any atom is -0.462 e. The van der Waals surface area contributed by atoms with E-state index >= 15 is 0 Å². The van der Waals surface area contributed by atoms with Crippen LogP contribution in [0.2, 0.25) is 0 Å². The molecule has 332 valence electrons. The van der Waals surface area contributed by atoms with E-state index in [9.17, 15) is 14.4 Å². The molecule has 0 aliphatic carbocycles. The van der Waals surface area contributed by atoms with Crippen molar-refractivity contribution < 1.29 is 28.6 Å². The Kier molecular flexibility index (Phi) is 43.3. The van der Waals surface area contributed by atoms with Crippen molar-refractivity contribution in [3.8, 4) is 0 Å². The first-order valence-electron chi connectivity index (χ1n) is 23.0. The number of rotatable bonds is 38. The molecule has 0 N–H and O–H groups in total. The molecule has 0 saturated heterocycles. The zero-order chi connectivity index (χ0) is 43.7. The topological polar surface area (TPSA) is 78.9 Å². The molecular weight excluding hydrogens is 745 g/mol. The van der Waals surface area contributed by atoms with Gasteiger partial charge in [0.05, 0.1) is 0 Å². The lowest BCUT2D eigenvalue weighted by molar-refractivity contribution is -0.167. The zero-order valence-electron chi connectivity index (χ0n) is 37.6. The lowest BCUT2D eigenvalue weighted by Gasteiger charge is -2.18. The molecule has 1 unspecified atom stereocenters. The first-order chi connectivity index (χ1) is 29.5. The van der Waals surface area contributed by atoms with Crippen LogP contribution < -0.4 is 0 Å². The van der Waals surface area contributed by atoms with Crippen LogP contribution in [-0.2, 0) is 28.6 Å². The molecular formula is C54H80O6. The summed E-state index contributed by atoms with van der Waals surface area (Å²) in [5.41, 5.74) is 0. The summed E-state index contributed by atoms with van der Waals surface area (Å²) in [5.74, 6) is -1.11. The van der Waals surface area contributed by atoms with Gasteiger partial charge in [0, 0.05) is 19.3 Å². The summed E-state index contributed by atoms with van der Waals surface area (Å²) < 4.78 is 16.6. The largest absolute Gasteiger partial charge is 0.462 e. The van der Waals surface area contributed by atoms with Crippen LogP contribution in [0.4, 0.5) is 0 Å². The molecule has 0 aliphatic heterocycles. The Labute approximate surface area is 366 Å². The van der Waals surface area contributed by atoms with Crippen LogP contribution in [0.1, 0.15) is 156 Å². The second-order valence-electron chi connectivity index (χ2n) is 14.4. The van der Waals surface area contributed by atoms with Gasteiger partial charge in [-0.2, -0.15) is 0 Å². The summed E-state index contributed by atoms with van der Waals surface area (Å²) in [5, 5.41) is 0. The highest BCUT2D eigenvalue weighted by Crippen LogP contribution is 2.10. The summed E-state index contributed by atoms with van der Waals surface area (Å²) in [6.45, 7) is 6.16. The van der Waals surface area contributed by atoms with E-state index in [2.05, 4.69) is 106 Å². The molecule has 0 heterocycles. The van der Waals surface area contributed by atoms with Gasteiger partial charge < -0.3 is 14.2 Å². The first-order valence-corrected chi connectivity index (χ1v) is 23.0. The molecule has 0 aromatic heterocycles. The van der Waals surface area contributed by atoms with Crippen LogP contribution in [0, 0.1) is 0 Å². The highest BCUT2D eigenvalue weighted by Gasteiger charge is 2.19. The van der Waals surface area contributed by atoms with Gasteiger partial charge in [-0.05, 0) is 83.5 Å². The second-order valence-corrected chi connectivity index (χ2v) is 14.4. The average Bonchev–Trinajstić information content (AvgIpc) is 3.24. The van der Waals surface area contributed by atoms with Crippen LogP contribution in [0.5, 0.6) is 0 Å². The van der Waals surface area contributed by atoms with Crippen molar-refractivity contribution in [1.82, 2.24) is 0 Å². The Hall–Kier alpha value is -4.71. The molecule has 6 nitrogen and oxygen atoms in total. The van der Waals surface area contributed by atoms with Crippen molar-refractivity contribution in [2.75, 3.05) is 13.2 Å². The van der Waals surface area contributed by atoms with Crippen LogP contribution in [-0.4, -0.2) is 37.2 Å². The number of carbonyl (C=O) groups is 3. The van der Waals surface area contributed by atoms with E-state index in [0.29, 0.717) is 25.7 Å². The van der Waals surface area contributed by atoms with E-state index in [-0.39, 0.29) is 38.0 Å². The Morgan fingerprint density at radius 2 is 0.750 bits per heavy atom. The number of unbranched alkanes of at least 4 members (excludes halogenated alkanes) is 10. The third-order valence-corrected chi connectivity index (χ3v) is 8.78. The summed E-state index contributed by atoms with van der Waals surface area (Å²) in [7, 11) is 0. The number of carbonyl (C=O) groups excluding carboxylic acids is 3. The molecule has 0 rings (SSSR count). The molecule has 6 heteroatoms. The van der Waals surface area contributed by atoms with Crippen molar-refractivity contribution >= 4 is 17.9 Å². The van der Waals surface area contributed by atoms with Crippen molar-refractivity contribution in [3.05, 3.63) is 146 Å². The SMILES string of the molecule is CC\C=C/C=C\C=C/C=C\C=C/CCCC(=O)OC(COC(=O)CCC/C=C\C/C=C\C/C=C\CC)COC(=O)CCCCCCC\C=C/C=C\C=C/C=C\CCCCC. The fourth-order valence-electron chi connectivity index (χ4n) is 5.39. The van der Waals surface area contributed by atoms with Gasteiger partial charge in [-0.15, -0.1) is 0 Å². The van der Waals surface area contributed by atoms with Crippen molar-refractivity contribution in [1.29, 1.82) is 0 Å². The Balaban J connectivity index is 4.61. The Morgan fingerprint density at radius 3 is 1.28 bits per heavy atom. The third-order valence-electron chi connectivity index (χ3n) is 8.78. The van der Waals surface area contributed by atoms with E-state index in [4.69, 9.17) is 14.2 Å². The fourth-order valence-corrected chi connectivity index (χ4v) is 5.39. The average molecular weight is 825 g/mol. The second kappa shape index (κ2) is 47.0. The highest BCUT2D eigenvalue weighted by molar-refractivity contribution is 5.71. The van der Waals surface area contributed by atoms with Gasteiger partial charge in [0.25, 0.3) is 0 Å². The van der Waals surface area contributed by atoms with Gasteiger partial charge in [0.1, 0.15) is 13.2 Å². The van der Waals surface area contributed by atoms with Gasteiger partial charge in [-0.3, -0.25) is 14.4 Å². The van der Waals surface area contributed by atoms with Crippen LogP contribution in [0.15, 0.2) is 146 Å². The van der Waals surface area contributed by atoms with Crippen molar-refractivity contribution in [2.45, 2.75) is 162 Å². The molecule has 0 amide bonds. The van der Waals surface area contributed by atoms with Gasteiger partial charge in [-0.25, -0.2) is 0 Å². The Morgan fingerprint density at radius 1 is 0.367 bits per heavy atom. The third kappa shape index (κ3) is 44.4. The smallest absolute Gasteiger partial charge is 0.306 e. The standard InChI is InChI=1S/C54H80O6/c1-4-7-10-13-16-19-22-24-25-26-27-28-30-32-35-38-41-44-47-53(56)59-50-51(49-58-52(55)46-43-40-37-34-31-21-18-15-12-9-6-3)60-54(57)48-45-42-39-36-33-29-23-20-17-14-11-8-5-2/h8-9,11-12,14,16-29,33-34,36-37,39,51H,4-7,10,13,15,30-32,35,38,40-50H2,1-3H3/b11-8-,12-9-,17-14-,19-16-,21-18-,23-20-,24-22-,26-25-,28-27-,33-29-,37-34-,39-36-. The highest BCUT2D eigenvalue weighted by atomic mass is 16.6. The monoisotopic (exact) mass is 825 g/mol. The molecule has 0 aliphatic rings. The minimum atomic E-state index is -0.850. The van der Waals surface area contributed by atoms with Gasteiger partial charge in [0.2, 0.25) is 0 Å². The van der Waals surface area contributed by atoms with Crippen molar-refractivity contribution in [3.63, 3.8) is 0 Å². The number of hydrogen-bond acceptors (Lipinski definition) is 6. The summed E-state index contributed by atoms with van der Waals surface area (Å²) in [6.07, 6.45) is 67.0. The van der Waals surface area contributed by atoms with E-state index in [1.54, 1.807) is 0 Å². The molecule has 0 spiro atoms. The molecule has 0 aromatic rings. The van der Waals surface area contributed by atoms with Gasteiger partial charge in [0.15, 0.2) is 6.10 Å². The number of esters is 3. The van der Waals surface area contributed by atoms with E-state index in [1.807, 2.05) is 60.8 Å². The predicted molar refractivity (Wildman–Crippen MR) is 255 cm³/mol. The van der Waals surface area contributed by atoms with Crippen LogP contribution in [0.3, 0.4) is 0 Å². The molecule has 0 fully saturated rings. The Bertz CT molecular complexity index is 1410. The minimum absolute atomic E-state index is 0.142. The summed E-state index contributed by atoms with van der Waals surface area (Å²) >= 11 is 0. The molecule has 60 heavy (non-hydrogen) atoms. The normalized spacial score (nSPS) is 13.4. The van der Waals surface area contributed by atoms with E-state index in [1.165, 1.54) is 19.3 Å². The maximum absolute atomic E-state index is 12.7. The van der Waals surface area contributed by atoms with E-state index in [0.717, 1.165) is 77.0 Å². The molecule has 0 aromatic carbocycles. The van der Waals surface area contributed by atoms with Crippen LogP contribution >= 0.6 is 0 Å². The number of allylic oxidation sites excluding steroid dienone is 24. The lowest BCUT2D eigenvalue weighted by Crippen LogP contribution is -2.30. The van der Waals surface area contributed by atoms with E-state index < -0.39 is 12.1 Å². The van der Waals surface area contributed by atoms with Gasteiger partial charge in [-0.1, -0.05) is 199 Å². The molecule has 0 saturated carbocycles. The zero-order valence-corrected chi connectivity index (χ0v) is 37.6. The van der Waals surface area contributed by atoms with Crippen molar-refractivity contribution in [2.24, 2.45) is 0 Å². The molecule has 1 atom stereocenters. The first kappa shape index (κ1) is 55.3. The maximum atomic E-state index is 12.7. The number of ether oxygens (including phenoxy) is 3. The molecule has 0 bridgehead atoms. The predicted octanol–water partition coefficient (Wildman–Crippen LogP) is 14.9. The molecule has 0 radical (unpaired) electrons. The lowest BCUT2D eigenvalue weighted by atomic mass is 10.1. The van der Waals surface area contributed by atoms with Gasteiger partial charge >= 0.3 is 17.9 Å².